The molecule has 0 aromatic carbocycles. The van der Waals surface area contributed by atoms with Crippen molar-refractivity contribution in [2.45, 2.75) is 33.1 Å². The van der Waals surface area contributed by atoms with Crippen molar-refractivity contribution >= 4 is 11.9 Å². The predicted octanol–water partition coefficient (Wildman–Crippen LogP) is 2.22. The summed E-state index contributed by atoms with van der Waals surface area (Å²) in [6.07, 6.45) is 4.56. The van der Waals surface area contributed by atoms with E-state index in [-0.39, 0.29) is 17.6 Å². The summed E-state index contributed by atoms with van der Waals surface area (Å²) in [6, 6.07) is 0. The normalized spacial score (nSPS) is 12.7. The number of hydrogen-bond acceptors (Lipinski definition) is 2. The smallest absolute Gasteiger partial charge is 0.336 e. The minimum atomic E-state index is -1.19. The molecule has 0 fully saturated rings. The number of aliphatic carboxylic acids is 2. The fourth-order valence-electron chi connectivity index (χ4n) is 1.14. The van der Waals surface area contributed by atoms with Crippen LogP contribution in [-0.2, 0) is 9.59 Å². The molecule has 0 aliphatic rings. The Hall–Kier alpha value is -1.58. The lowest BCUT2D eigenvalue weighted by Crippen LogP contribution is -2.10. The van der Waals surface area contributed by atoms with E-state index in [1.807, 2.05) is 13.8 Å². The van der Waals surface area contributed by atoms with Crippen molar-refractivity contribution in [1.82, 2.24) is 0 Å². The topological polar surface area (TPSA) is 74.6 Å². The minimum Gasteiger partial charge on any atom is -0.478 e. The van der Waals surface area contributed by atoms with E-state index in [1.54, 1.807) is 6.08 Å². The third kappa shape index (κ3) is 4.44. The maximum atomic E-state index is 10.9. The first-order valence-electron chi connectivity index (χ1n) is 4.90. The first kappa shape index (κ1) is 13.4. The van der Waals surface area contributed by atoms with Crippen LogP contribution in [0.2, 0.25) is 0 Å². The van der Waals surface area contributed by atoms with Gasteiger partial charge in [0.2, 0.25) is 0 Å². The predicted molar refractivity (Wildman–Crippen MR) is 56.6 cm³/mol. The second-order valence-electron chi connectivity index (χ2n) is 3.06. The van der Waals surface area contributed by atoms with Crippen molar-refractivity contribution in [1.29, 1.82) is 0 Å². The van der Waals surface area contributed by atoms with Gasteiger partial charge in [-0.1, -0.05) is 32.4 Å². The van der Waals surface area contributed by atoms with E-state index >= 15 is 0 Å². The third-order valence-electron chi connectivity index (χ3n) is 1.83. The van der Waals surface area contributed by atoms with E-state index in [0.29, 0.717) is 12.8 Å². The van der Waals surface area contributed by atoms with Crippen molar-refractivity contribution in [2.24, 2.45) is 0 Å². The van der Waals surface area contributed by atoms with Gasteiger partial charge in [-0.2, -0.15) is 0 Å². The Balaban J connectivity index is 5.24. The van der Waals surface area contributed by atoms with Gasteiger partial charge in [-0.3, -0.25) is 0 Å². The molecule has 0 atom stereocenters. The van der Waals surface area contributed by atoms with Gasteiger partial charge in [0.25, 0.3) is 0 Å². The zero-order valence-electron chi connectivity index (χ0n) is 8.99. The fourth-order valence-corrected chi connectivity index (χ4v) is 1.14. The van der Waals surface area contributed by atoms with Crippen molar-refractivity contribution in [3.63, 3.8) is 0 Å². The lowest BCUT2D eigenvalue weighted by molar-refractivity contribution is -0.135. The molecule has 0 spiro atoms. The van der Waals surface area contributed by atoms with Crippen molar-refractivity contribution in [3.8, 4) is 0 Å². The molecular weight excluding hydrogens is 196 g/mol. The van der Waals surface area contributed by atoms with Crippen LogP contribution in [0.3, 0.4) is 0 Å². The SMILES string of the molecule is CC/C=C/C(C(=O)O)=C(\CCC)C(=O)O. The van der Waals surface area contributed by atoms with Crippen LogP contribution in [-0.4, -0.2) is 22.2 Å². The van der Waals surface area contributed by atoms with Crippen LogP contribution in [0.15, 0.2) is 23.3 Å². The molecule has 2 N–H and O–H groups in total. The third-order valence-corrected chi connectivity index (χ3v) is 1.83. The zero-order chi connectivity index (χ0) is 11.8. The van der Waals surface area contributed by atoms with Crippen LogP contribution in [0.1, 0.15) is 33.1 Å². The van der Waals surface area contributed by atoms with Gasteiger partial charge >= 0.3 is 11.9 Å². The van der Waals surface area contributed by atoms with Gasteiger partial charge in [0, 0.05) is 0 Å². The van der Waals surface area contributed by atoms with Gasteiger partial charge in [0.05, 0.1) is 11.1 Å². The first-order valence-corrected chi connectivity index (χ1v) is 4.90. The molecule has 0 aromatic rings. The van der Waals surface area contributed by atoms with E-state index in [9.17, 15) is 9.59 Å². The van der Waals surface area contributed by atoms with Gasteiger partial charge in [0.15, 0.2) is 0 Å². The minimum absolute atomic E-state index is 0.0327. The van der Waals surface area contributed by atoms with Gasteiger partial charge in [-0.15, -0.1) is 0 Å². The van der Waals surface area contributed by atoms with Gasteiger partial charge < -0.3 is 10.2 Å². The molecule has 0 saturated heterocycles. The largest absolute Gasteiger partial charge is 0.478 e. The first-order chi connectivity index (χ1) is 7.04. The lowest BCUT2D eigenvalue weighted by Gasteiger charge is -2.03. The summed E-state index contributed by atoms with van der Waals surface area (Å²) < 4.78 is 0. The summed E-state index contributed by atoms with van der Waals surface area (Å²) in [7, 11) is 0. The van der Waals surface area contributed by atoms with Crippen LogP contribution in [0, 0.1) is 0 Å². The van der Waals surface area contributed by atoms with Crippen LogP contribution >= 0.6 is 0 Å². The molecule has 0 aromatic heterocycles. The highest BCUT2D eigenvalue weighted by Gasteiger charge is 2.16. The van der Waals surface area contributed by atoms with Gasteiger partial charge in [0.1, 0.15) is 0 Å². The Morgan fingerprint density at radius 1 is 1.13 bits per heavy atom. The molecule has 4 heteroatoms. The van der Waals surface area contributed by atoms with E-state index in [4.69, 9.17) is 10.2 Å². The molecule has 0 aliphatic heterocycles. The Morgan fingerprint density at radius 3 is 2.07 bits per heavy atom. The average Bonchev–Trinajstić information content (AvgIpc) is 2.16. The standard InChI is InChI=1S/C11H16O4/c1-3-5-7-9(11(14)15)8(6-4-2)10(12)13/h5,7H,3-4,6H2,1-2H3,(H,12,13)(H,14,15)/b7-5+,9-8-. The molecule has 0 amide bonds. The number of hydrogen-bond donors (Lipinski definition) is 2. The molecule has 0 saturated carbocycles. The Labute approximate surface area is 88.9 Å². The number of carboxylic acids is 2. The quantitative estimate of drug-likeness (QED) is 0.523. The van der Waals surface area contributed by atoms with Crippen molar-refractivity contribution < 1.29 is 19.8 Å². The highest BCUT2D eigenvalue weighted by atomic mass is 16.4. The van der Waals surface area contributed by atoms with E-state index < -0.39 is 11.9 Å². The van der Waals surface area contributed by atoms with E-state index in [1.165, 1.54) is 6.08 Å². The van der Waals surface area contributed by atoms with Crippen LogP contribution in [0.25, 0.3) is 0 Å². The fraction of sp³-hybridized carbons (Fsp3) is 0.455. The van der Waals surface area contributed by atoms with Crippen molar-refractivity contribution in [2.75, 3.05) is 0 Å². The van der Waals surface area contributed by atoms with Crippen molar-refractivity contribution in [3.05, 3.63) is 23.3 Å². The van der Waals surface area contributed by atoms with Crippen LogP contribution < -0.4 is 0 Å². The molecule has 0 radical (unpaired) electrons. The number of rotatable bonds is 6. The van der Waals surface area contributed by atoms with Gasteiger partial charge in [-0.05, 0) is 12.8 Å². The maximum Gasteiger partial charge on any atom is 0.336 e. The lowest BCUT2D eigenvalue weighted by atomic mass is 10.0. The van der Waals surface area contributed by atoms with E-state index in [0.717, 1.165) is 0 Å². The average molecular weight is 212 g/mol. The molecular formula is C11H16O4. The van der Waals surface area contributed by atoms with Crippen LogP contribution in [0.5, 0.6) is 0 Å². The molecule has 15 heavy (non-hydrogen) atoms. The summed E-state index contributed by atoms with van der Waals surface area (Å²) in [5, 5.41) is 17.7. The Bertz CT molecular complexity index is 300. The second-order valence-corrected chi connectivity index (χ2v) is 3.06. The highest BCUT2D eigenvalue weighted by molar-refractivity contribution is 6.00. The highest BCUT2D eigenvalue weighted by Crippen LogP contribution is 2.13. The molecule has 0 rings (SSSR count). The number of carboxylic acid groups (broad SMARTS) is 2. The molecule has 84 valence electrons. The maximum absolute atomic E-state index is 10.9. The summed E-state index contributed by atoms with van der Waals surface area (Å²) in [5.74, 6) is -2.35. The summed E-state index contributed by atoms with van der Waals surface area (Å²) in [5.41, 5.74) is -0.152. The molecule has 0 aliphatic carbocycles. The molecule has 4 nitrogen and oxygen atoms in total. The summed E-state index contributed by atoms with van der Waals surface area (Å²) >= 11 is 0. The Kier molecular flexibility index (Phi) is 6.09. The monoisotopic (exact) mass is 212 g/mol. The number of allylic oxidation sites excluding steroid dienone is 1. The molecule has 0 unspecified atom stereocenters. The van der Waals surface area contributed by atoms with E-state index in [2.05, 4.69) is 0 Å². The van der Waals surface area contributed by atoms with Crippen LogP contribution in [0.4, 0.5) is 0 Å². The molecule has 0 bridgehead atoms. The second kappa shape index (κ2) is 6.81. The zero-order valence-corrected chi connectivity index (χ0v) is 8.99. The Morgan fingerprint density at radius 2 is 1.73 bits per heavy atom. The van der Waals surface area contributed by atoms with Gasteiger partial charge in [-0.25, -0.2) is 9.59 Å². The summed E-state index contributed by atoms with van der Waals surface area (Å²) in [4.78, 5) is 21.7. The molecule has 0 heterocycles. The summed E-state index contributed by atoms with van der Waals surface area (Å²) in [6.45, 7) is 3.67. The number of carbonyl (C=O) groups is 2.